The van der Waals surface area contributed by atoms with Gasteiger partial charge in [-0.3, -0.25) is 9.59 Å². The van der Waals surface area contributed by atoms with Crippen molar-refractivity contribution in [3.63, 3.8) is 0 Å². The number of unbranched alkanes of at least 4 members (excludes halogenated alkanes) is 2. The van der Waals surface area contributed by atoms with Crippen molar-refractivity contribution >= 4 is 17.9 Å². The fourth-order valence-corrected chi connectivity index (χ4v) is 2.64. The highest BCUT2D eigenvalue weighted by Gasteiger charge is 2.35. The summed E-state index contributed by atoms with van der Waals surface area (Å²) >= 11 is 0. The lowest BCUT2D eigenvalue weighted by Crippen LogP contribution is -2.46. The molecule has 0 saturated heterocycles. The number of aldehydes is 1. The normalized spacial score (nSPS) is 17.0. The second kappa shape index (κ2) is 7.29. The topological polar surface area (TPSA) is 55.8 Å². The monoisotopic (exact) mass is 305 g/mol. The molecule has 120 valence electrons. The maximum absolute atomic E-state index is 12.6. The highest BCUT2D eigenvalue weighted by atomic mass is 16.5. The van der Waals surface area contributed by atoms with E-state index in [2.05, 4.69) is 6.92 Å². The number of carbonyl (C=O) groups excluding carboxylic acids is 2. The summed E-state index contributed by atoms with van der Waals surface area (Å²) < 4.78 is 11.2. The first-order chi connectivity index (χ1) is 10.7. The zero-order valence-corrected chi connectivity index (χ0v) is 13.4. The summed E-state index contributed by atoms with van der Waals surface area (Å²) in [6, 6.07) is 3.33. The van der Waals surface area contributed by atoms with Crippen molar-refractivity contribution in [2.75, 3.05) is 18.6 Å². The molecule has 0 aromatic heterocycles. The van der Waals surface area contributed by atoms with Gasteiger partial charge in [-0.2, -0.15) is 0 Å². The minimum Gasteiger partial charge on any atom is -0.493 e. The van der Waals surface area contributed by atoms with Crippen LogP contribution in [0.5, 0.6) is 11.5 Å². The average molecular weight is 305 g/mol. The van der Waals surface area contributed by atoms with E-state index in [1.807, 2.05) is 6.92 Å². The summed E-state index contributed by atoms with van der Waals surface area (Å²) in [5, 5.41) is 0. The van der Waals surface area contributed by atoms with E-state index in [1.54, 1.807) is 17.0 Å². The van der Waals surface area contributed by atoms with Gasteiger partial charge in [-0.05, 0) is 25.0 Å². The molecule has 0 saturated carbocycles. The molecule has 5 heteroatoms. The predicted octanol–water partition coefficient (Wildman–Crippen LogP) is 3.20. The summed E-state index contributed by atoms with van der Waals surface area (Å²) in [5.41, 5.74) is 1.11. The average Bonchev–Trinajstić information content (AvgIpc) is 2.55. The highest BCUT2D eigenvalue weighted by molar-refractivity contribution is 6.01. The quantitative estimate of drug-likeness (QED) is 0.573. The van der Waals surface area contributed by atoms with Gasteiger partial charge in [0.25, 0.3) is 5.91 Å². The molecular weight excluding hydrogens is 282 g/mol. The van der Waals surface area contributed by atoms with Crippen molar-refractivity contribution in [3.05, 3.63) is 17.7 Å². The molecule has 1 atom stereocenters. The Labute approximate surface area is 131 Å². The number of benzene rings is 1. The van der Waals surface area contributed by atoms with Crippen LogP contribution in [-0.2, 0) is 4.79 Å². The van der Waals surface area contributed by atoms with E-state index in [-0.39, 0.29) is 5.91 Å². The summed E-state index contributed by atoms with van der Waals surface area (Å²) in [6.45, 7) is 4.67. The van der Waals surface area contributed by atoms with E-state index in [0.717, 1.165) is 25.5 Å². The van der Waals surface area contributed by atoms with E-state index in [0.29, 0.717) is 35.7 Å². The van der Waals surface area contributed by atoms with Crippen LogP contribution in [0.2, 0.25) is 0 Å². The lowest BCUT2D eigenvalue weighted by Gasteiger charge is -2.35. The first-order valence-electron chi connectivity index (χ1n) is 7.81. The van der Waals surface area contributed by atoms with Crippen LogP contribution >= 0.6 is 0 Å². The molecule has 1 aliphatic rings. The second-order valence-electron chi connectivity index (χ2n) is 5.40. The largest absolute Gasteiger partial charge is 0.493 e. The Balaban J connectivity index is 2.45. The number of rotatable bonds is 7. The molecule has 0 N–H and O–H groups in total. The van der Waals surface area contributed by atoms with Crippen molar-refractivity contribution < 1.29 is 19.1 Å². The molecule has 0 spiro atoms. The molecule has 1 unspecified atom stereocenters. The predicted molar refractivity (Wildman–Crippen MR) is 85.0 cm³/mol. The molecule has 0 radical (unpaired) electrons. The zero-order chi connectivity index (χ0) is 16.1. The molecule has 1 aromatic rings. The molecule has 5 nitrogen and oxygen atoms in total. The van der Waals surface area contributed by atoms with Crippen LogP contribution in [0.3, 0.4) is 0 Å². The number of hydrogen-bond donors (Lipinski definition) is 0. The fraction of sp³-hybridized carbons (Fsp3) is 0.529. The maximum atomic E-state index is 12.6. The number of ether oxygens (including phenoxy) is 2. The van der Waals surface area contributed by atoms with Gasteiger partial charge in [0.1, 0.15) is 6.29 Å². The van der Waals surface area contributed by atoms with Crippen LogP contribution in [-0.4, -0.2) is 32.0 Å². The van der Waals surface area contributed by atoms with Crippen LogP contribution in [0.4, 0.5) is 5.69 Å². The minimum atomic E-state index is -0.495. The summed E-state index contributed by atoms with van der Waals surface area (Å²) in [7, 11) is 1.53. The molecule has 1 heterocycles. The molecule has 0 aliphatic carbocycles. The summed E-state index contributed by atoms with van der Waals surface area (Å²) in [6.07, 6.45) is 3.92. The van der Waals surface area contributed by atoms with Crippen molar-refractivity contribution in [3.8, 4) is 11.5 Å². The third kappa shape index (κ3) is 3.08. The van der Waals surface area contributed by atoms with Gasteiger partial charge >= 0.3 is 0 Å². The van der Waals surface area contributed by atoms with Gasteiger partial charge in [0.15, 0.2) is 17.6 Å². The smallest absolute Gasteiger partial charge is 0.268 e. The first kappa shape index (κ1) is 16.3. The van der Waals surface area contributed by atoms with Gasteiger partial charge in [-0.25, -0.2) is 0 Å². The van der Waals surface area contributed by atoms with E-state index in [1.165, 1.54) is 7.11 Å². The molecule has 22 heavy (non-hydrogen) atoms. The van der Waals surface area contributed by atoms with E-state index in [4.69, 9.17) is 9.47 Å². The van der Waals surface area contributed by atoms with Gasteiger partial charge in [0.05, 0.1) is 12.8 Å². The van der Waals surface area contributed by atoms with Crippen LogP contribution in [0.1, 0.15) is 49.9 Å². The minimum absolute atomic E-state index is 0.0452. The number of methoxy groups -OCH3 is 1. The number of carbonyl (C=O) groups is 2. The molecule has 2 rings (SSSR count). The standard InChI is InChI=1S/C17H23NO4/c1-4-6-7-8-18-13-9-12(11-19)10-15(21-3)16(13)22-14(5-2)17(18)20/h9-11,14H,4-8H2,1-3H3. The fourth-order valence-electron chi connectivity index (χ4n) is 2.64. The number of amides is 1. The summed E-state index contributed by atoms with van der Waals surface area (Å²) in [4.78, 5) is 25.4. The second-order valence-corrected chi connectivity index (χ2v) is 5.40. The van der Waals surface area contributed by atoms with Gasteiger partial charge in [0.2, 0.25) is 0 Å². The number of anilines is 1. The van der Waals surface area contributed by atoms with E-state index in [9.17, 15) is 9.59 Å². The highest BCUT2D eigenvalue weighted by Crippen LogP contribution is 2.43. The number of hydrogen-bond acceptors (Lipinski definition) is 4. The Morgan fingerprint density at radius 3 is 2.68 bits per heavy atom. The third-order valence-electron chi connectivity index (χ3n) is 3.86. The lowest BCUT2D eigenvalue weighted by atomic mass is 10.1. The van der Waals surface area contributed by atoms with Gasteiger partial charge in [-0.1, -0.05) is 26.7 Å². The van der Waals surface area contributed by atoms with Gasteiger partial charge < -0.3 is 14.4 Å². The zero-order valence-electron chi connectivity index (χ0n) is 13.4. The van der Waals surface area contributed by atoms with E-state index >= 15 is 0 Å². The Morgan fingerprint density at radius 2 is 2.09 bits per heavy atom. The Hall–Kier alpha value is -2.04. The van der Waals surface area contributed by atoms with Crippen LogP contribution in [0.25, 0.3) is 0 Å². The summed E-state index contributed by atoms with van der Waals surface area (Å²) in [5.74, 6) is 0.998. The molecule has 1 aliphatic heterocycles. The van der Waals surface area contributed by atoms with Crippen molar-refractivity contribution in [2.24, 2.45) is 0 Å². The third-order valence-corrected chi connectivity index (χ3v) is 3.86. The van der Waals surface area contributed by atoms with Gasteiger partial charge in [-0.15, -0.1) is 0 Å². The van der Waals surface area contributed by atoms with Crippen molar-refractivity contribution in [2.45, 2.75) is 45.6 Å². The van der Waals surface area contributed by atoms with Crippen LogP contribution < -0.4 is 14.4 Å². The molecular formula is C17H23NO4. The molecule has 0 bridgehead atoms. The molecule has 1 aromatic carbocycles. The molecule has 1 amide bonds. The Kier molecular flexibility index (Phi) is 5.41. The van der Waals surface area contributed by atoms with E-state index < -0.39 is 6.10 Å². The lowest BCUT2D eigenvalue weighted by molar-refractivity contribution is -0.126. The Morgan fingerprint density at radius 1 is 1.32 bits per heavy atom. The van der Waals surface area contributed by atoms with Crippen LogP contribution in [0.15, 0.2) is 12.1 Å². The van der Waals surface area contributed by atoms with Crippen LogP contribution in [0, 0.1) is 0 Å². The number of nitrogens with zero attached hydrogens (tertiary/aromatic N) is 1. The SMILES string of the molecule is CCCCCN1C(=O)C(CC)Oc2c(OC)cc(C=O)cc21. The maximum Gasteiger partial charge on any atom is 0.268 e. The Bertz CT molecular complexity index is 556. The number of fused-ring (bicyclic) bond motifs is 1. The van der Waals surface area contributed by atoms with Crippen molar-refractivity contribution in [1.29, 1.82) is 0 Å². The van der Waals surface area contributed by atoms with Gasteiger partial charge in [0, 0.05) is 12.1 Å². The molecule has 0 fully saturated rings. The van der Waals surface area contributed by atoms with Crippen molar-refractivity contribution in [1.82, 2.24) is 0 Å². The first-order valence-corrected chi connectivity index (χ1v) is 7.81.